The third-order valence-corrected chi connectivity index (χ3v) is 2.78. The SMILES string of the molecule is CCN(CCNC(C)CCOC)C(C)C. The van der Waals surface area contributed by atoms with Gasteiger partial charge in [0.2, 0.25) is 0 Å². The number of ether oxygens (including phenoxy) is 1. The Morgan fingerprint density at radius 2 is 1.93 bits per heavy atom. The number of hydrogen-bond acceptors (Lipinski definition) is 3. The zero-order valence-electron chi connectivity index (χ0n) is 11.0. The second kappa shape index (κ2) is 9.13. The first-order chi connectivity index (χ1) is 7.11. The van der Waals surface area contributed by atoms with Crippen molar-refractivity contribution in [3.05, 3.63) is 0 Å². The van der Waals surface area contributed by atoms with Gasteiger partial charge in [0, 0.05) is 38.9 Å². The molecule has 1 unspecified atom stereocenters. The highest BCUT2D eigenvalue weighted by atomic mass is 16.5. The van der Waals surface area contributed by atoms with E-state index in [9.17, 15) is 0 Å². The van der Waals surface area contributed by atoms with Gasteiger partial charge in [-0.2, -0.15) is 0 Å². The van der Waals surface area contributed by atoms with Crippen molar-refractivity contribution in [3.8, 4) is 0 Å². The Bertz CT molecular complexity index is 140. The fourth-order valence-electron chi connectivity index (χ4n) is 1.63. The molecule has 0 bridgehead atoms. The predicted octanol–water partition coefficient (Wildman–Crippen LogP) is 1.73. The molecule has 0 aliphatic rings. The van der Waals surface area contributed by atoms with E-state index in [1.807, 2.05) is 0 Å². The zero-order valence-corrected chi connectivity index (χ0v) is 11.0. The molecule has 0 aliphatic heterocycles. The summed E-state index contributed by atoms with van der Waals surface area (Å²) in [4.78, 5) is 2.47. The second-order valence-corrected chi connectivity index (χ2v) is 4.36. The summed E-state index contributed by atoms with van der Waals surface area (Å²) in [5.41, 5.74) is 0. The molecule has 0 spiro atoms. The van der Waals surface area contributed by atoms with Crippen molar-refractivity contribution < 1.29 is 4.74 Å². The molecule has 0 heterocycles. The van der Waals surface area contributed by atoms with Gasteiger partial charge < -0.3 is 10.1 Å². The topological polar surface area (TPSA) is 24.5 Å². The third-order valence-electron chi connectivity index (χ3n) is 2.78. The van der Waals surface area contributed by atoms with E-state index in [1.165, 1.54) is 0 Å². The van der Waals surface area contributed by atoms with Crippen LogP contribution in [0.2, 0.25) is 0 Å². The highest BCUT2D eigenvalue weighted by Gasteiger charge is 2.06. The van der Waals surface area contributed by atoms with Crippen molar-refractivity contribution in [2.45, 2.75) is 46.2 Å². The lowest BCUT2D eigenvalue weighted by Gasteiger charge is -2.25. The maximum Gasteiger partial charge on any atom is 0.0476 e. The number of likely N-dealkylation sites (N-methyl/N-ethyl adjacent to an activating group) is 1. The molecule has 1 atom stereocenters. The van der Waals surface area contributed by atoms with E-state index >= 15 is 0 Å². The predicted molar refractivity (Wildman–Crippen MR) is 66.3 cm³/mol. The van der Waals surface area contributed by atoms with Crippen molar-refractivity contribution in [1.82, 2.24) is 10.2 Å². The van der Waals surface area contributed by atoms with Crippen LogP contribution in [0, 0.1) is 0 Å². The molecule has 0 saturated carbocycles. The van der Waals surface area contributed by atoms with E-state index in [-0.39, 0.29) is 0 Å². The molecular formula is C12H28N2O. The lowest BCUT2D eigenvalue weighted by atomic mass is 10.2. The van der Waals surface area contributed by atoms with Crippen LogP contribution in [0.15, 0.2) is 0 Å². The Kier molecular flexibility index (Phi) is 9.06. The molecular weight excluding hydrogens is 188 g/mol. The van der Waals surface area contributed by atoms with Crippen LogP contribution >= 0.6 is 0 Å². The number of methoxy groups -OCH3 is 1. The number of nitrogens with zero attached hydrogens (tertiary/aromatic N) is 1. The summed E-state index contributed by atoms with van der Waals surface area (Å²) in [6.07, 6.45) is 1.09. The summed E-state index contributed by atoms with van der Waals surface area (Å²) in [5.74, 6) is 0. The number of hydrogen-bond donors (Lipinski definition) is 1. The molecule has 3 heteroatoms. The van der Waals surface area contributed by atoms with Gasteiger partial charge in [0.25, 0.3) is 0 Å². The van der Waals surface area contributed by atoms with E-state index < -0.39 is 0 Å². The molecule has 0 saturated heterocycles. The van der Waals surface area contributed by atoms with E-state index in [2.05, 4.69) is 37.9 Å². The molecule has 0 amide bonds. The minimum Gasteiger partial charge on any atom is -0.385 e. The van der Waals surface area contributed by atoms with Crippen molar-refractivity contribution in [2.24, 2.45) is 0 Å². The van der Waals surface area contributed by atoms with Gasteiger partial charge in [0.15, 0.2) is 0 Å². The Morgan fingerprint density at radius 3 is 2.40 bits per heavy atom. The molecule has 0 aromatic carbocycles. The van der Waals surface area contributed by atoms with E-state index in [4.69, 9.17) is 4.74 Å². The largest absolute Gasteiger partial charge is 0.385 e. The first-order valence-electron chi connectivity index (χ1n) is 6.08. The lowest BCUT2D eigenvalue weighted by Crippen LogP contribution is -2.39. The number of nitrogens with one attached hydrogen (secondary N) is 1. The van der Waals surface area contributed by atoms with Gasteiger partial charge in [0.1, 0.15) is 0 Å². The van der Waals surface area contributed by atoms with Gasteiger partial charge in [-0.15, -0.1) is 0 Å². The smallest absolute Gasteiger partial charge is 0.0476 e. The van der Waals surface area contributed by atoms with Crippen LogP contribution in [-0.4, -0.2) is 50.3 Å². The molecule has 0 fully saturated rings. The van der Waals surface area contributed by atoms with E-state index in [1.54, 1.807) is 7.11 Å². The normalized spacial score (nSPS) is 13.8. The molecule has 15 heavy (non-hydrogen) atoms. The minimum absolute atomic E-state index is 0.552. The highest BCUT2D eigenvalue weighted by molar-refractivity contribution is 4.65. The molecule has 0 aromatic heterocycles. The summed E-state index contributed by atoms with van der Waals surface area (Å²) in [6, 6.07) is 1.20. The van der Waals surface area contributed by atoms with Crippen LogP contribution in [0.3, 0.4) is 0 Å². The Labute approximate surface area is 95.2 Å². The number of rotatable bonds is 9. The Morgan fingerprint density at radius 1 is 1.27 bits per heavy atom. The summed E-state index contributed by atoms with van der Waals surface area (Å²) >= 11 is 0. The molecule has 92 valence electrons. The van der Waals surface area contributed by atoms with Crippen LogP contribution < -0.4 is 5.32 Å². The second-order valence-electron chi connectivity index (χ2n) is 4.36. The molecule has 0 rings (SSSR count). The zero-order chi connectivity index (χ0) is 11.7. The molecule has 0 aromatic rings. The van der Waals surface area contributed by atoms with Crippen LogP contribution in [-0.2, 0) is 4.74 Å². The monoisotopic (exact) mass is 216 g/mol. The van der Waals surface area contributed by atoms with Gasteiger partial charge >= 0.3 is 0 Å². The van der Waals surface area contributed by atoms with Gasteiger partial charge in [-0.3, -0.25) is 4.90 Å². The molecule has 0 radical (unpaired) electrons. The summed E-state index contributed by atoms with van der Waals surface area (Å²) in [5, 5.41) is 3.52. The van der Waals surface area contributed by atoms with Gasteiger partial charge in [-0.25, -0.2) is 0 Å². The highest BCUT2D eigenvalue weighted by Crippen LogP contribution is 1.96. The van der Waals surface area contributed by atoms with Crippen molar-refractivity contribution >= 4 is 0 Å². The van der Waals surface area contributed by atoms with Crippen molar-refractivity contribution in [1.29, 1.82) is 0 Å². The van der Waals surface area contributed by atoms with Crippen LogP contribution in [0.5, 0.6) is 0 Å². The average molecular weight is 216 g/mol. The first kappa shape index (κ1) is 14.9. The quantitative estimate of drug-likeness (QED) is 0.635. The van der Waals surface area contributed by atoms with Crippen molar-refractivity contribution in [3.63, 3.8) is 0 Å². The Balaban J connectivity index is 3.50. The fraction of sp³-hybridized carbons (Fsp3) is 1.00. The summed E-state index contributed by atoms with van der Waals surface area (Å²) in [6.45, 7) is 13.1. The van der Waals surface area contributed by atoms with Gasteiger partial charge in [-0.1, -0.05) is 6.92 Å². The van der Waals surface area contributed by atoms with Crippen LogP contribution in [0.1, 0.15) is 34.1 Å². The van der Waals surface area contributed by atoms with Crippen LogP contribution in [0.4, 0.5) is 0 Å². The Hall–Kier alpha value is -0.120. The molecule has 1 N–H and O–H groups in total. The average Bonchev–Trinajstić information content (AvgIpc) is 2.20. The van der Waals surface area contributed by atoms with Gasteiger partial charge in [0.05, 0.1) is 0 Å². The standard InChI is InChI=1S/C12H28N2O/c1-6-14(11(2)3)9-8-13-12(4)7-10-15-5/h11-13H,6-10H2,1-5H3. The maximum atomic E-state index is 5.05. The maximum absolute atomic E-state index is 5.05. The molecule has 3 nitrogen and oxygen atoms in total. The van der Waals surface area contributed by atoms with Crippen molar-refractivity contribution in [2.75, 3.05) is 33.4 Å². The fourth-order valence-corrected chi connectivity index (χ4v) is 1.63. The summed E-state index contributed by atoms with van der Waals surface area (Å²) < 4.78 is 5.05. The lowest BCUT2D eigenvalue weighted by molar-refractivity contribution is 0.182. The minimum atomic E-state index is 0.552. The third kappa shape index (κ3) is 7.77. The van der Waals surface area contributed by atoms with Gasteiger partial charge in [-0.05, 0) is 33.7 Å². The van der Waals surface area contributed by atoms with Crippen LogP contribution in [0.25, 0.3) is 0 Å². The molecule has 0 aliphatic carbocycles. The van der Waals surface area contributed by atoms with E-state index in [0.717, 1.165) is 32.7 Å². The summed E-state index contributed by atoms with van der Waals surface area (Å²) in [7, 11) is 1.75. The first-order valence-corrected chi connectivity index (χ1v) is 6.08. The van der Waals surface area contributed by atoms with E-state index in [0.29, 0.717) is 12.1 Å².